The molecular formula is C46H18BF20N. The molecule has 0 bridgehead atoms. The molecule has 68 heavy (non-hydrogen) atoms. The van der Waals surface area contributed by atoms with Gasteiger partial charge in [-0.05, 0) is 29.0 Å². The maximum atomic E-state index is 15.4. The van der Waals surface area contributed by atoms with E-state index in [1.54, 1.807) is 0 Å². The average Bonchev–Trinajstić information content (AvgIpc) is 3.34. The van der Waals surface area contributed by atoms with Crippen LogP contribution in [0, 0.1) is 116 Å². The fraction of sp³-hybridized carbons (Fsp3) is 0.0217. The Labute approximate surface area is 367 Å². The van der Waals surface area contributed by atoms with Crippen LogP contribution in [0.5, 0.6) is 0 Å². The smallest absolute Gasteiger partial charge is 0.207 e. The van der Waals surface area contributed by atoms with E-state index < -0.39 is 144 Å². The van der Waals surface area contributed by atoms with Gasteiger partial charge in [-0.25, -0.2) is 87.8 Å². The van der Waals surface area contributed by atoms with Crippen molar-refractivity contribution < 1.29 is 92.4 Å². The van der Waals surface area contributed by atoms with Gasteiger partial charge < -0.3 is 0 Å². The number of nitrogens with zero attached hydrogens (tertiary/aromatic N) is 1. The van der Waals surface area contributed by atoms with E-state index in [1.807, 2.05) is 0 Å². The van der Waals surface area contributed by atoms with Crippen molar-refractivity contribution in [1.29, 1.82) is 0 Å². The minimum absolute atomic E-state index is 0.879. The number of aromatic nitrogens is 1. The van der Waals surface area contributed by atoms with Gasteiger partial charge in [-0.3, -0.25) is 0 Å². The zero-order chi connectivity index (χ0) is 49.8. The molecule has 0 aliphatic carbocycles. The van der Waals surface area contributed by atoms with Crippen LogP contribution in [-0.2, 0) is 6.54 Å². The lowest BCUT2D eigenvalue weighted by Crippen LogP contribution is -2.81. The lowest BCUT2D eigenvalue weighted by Gasteiger charge is -2.44. The Bertz CT molecular complexity index is 2950. The number of hydrogen-bond acceptors (Lipinski definition) is 0. The molecule has 0 aliphatic heterocycles. The lowest BCUT2D eigenvalue weighted by atomic mass is 9.12. The molecule has 8 aromatic rings. The fourth-order valence-electron chi connectivity index (χ4n) is 7.88. The predicted octanol–water partition coefficient (Wildman–Crippen LogP) is 10.7. The van der Waals surface area contributed by atoms with Crippen LogP contribution < -0.4 is 26.4 Å². The largest absolute Gasteiger partial charge is 0.212 e. The van der Waals surface area contributed by atoms with Gasteiger partial charge in [-0.2, -0.15) is 4.57 Å². The lowest BCUT2D eigenvalue weighted by molar-refractivity contribution is -0.677. The minimum atomic E-state index is -7.22. The molecule has 0 amide bonds. The van der Waals surface area contributed by atoms with Crippen LogP contribution in [0.3, 0.4) is 0 Å². The normalized spacial score (nSPS) is 11.6. The van der Waals surface area contributed by atoms with Gasteiger partial charge >= 0.3 is 0 Å². The third kappa shape index (κ3) is 7.64. The van der Waals surface area contributed by atoms with Crippen molar-refractivity contribution in [2.75, 3.05) is 0 Å². The number of halogens is 20. The molecular weight excluding hydrogens is 957 g/mol. The quantitative estimate of drug-likeness (QED) is 0.0493. The van der Waals surface area contributed by atoms with E-state index in [0.29, 0.717) is 0 Å². The van der Waals surface area contributed by atoms with Crippen molar-refractivity contribution >= 4 is 38.8 Å². The van der Waals surface area contributed by atoms with E-state index in [1.165, 1.54) is 27.6 Å². The molecule has 0 unspecified atom stereocenters. The summed E-state index contributed by atoms with van der Waals surface area (Å²) in [6.07, 6.45) is -5.07. The second kappa shape index (κ2) is 18.4. The molecule has 7 aromatic carbocycles. The molecule has 0 saturated heterocycles. The van der Waals surface area contributed by atoms with Gasteiger partial charge in [0.2, 0.25) is 5.69 Å². The number of fused-ring (bicyclic) bond motifs is 1. The molecule has 0 N–H and O–H groups in total. The molecule has 1 heterocycles. The fourth-order valence-corrected chi connectivity index (χ4v) is 7.88. The molecule has 350 valence electrons. The van der Waals surface area contributed by atoms with Crippen LogP contribution >= 0.6 is 0 Å². The Morgan fingerprint density at radius 2 is 0.603 bits per heavy atom. The van der Waals surface area contributed by atoms with Gasteiger partial charge in [-0.1, -0.05) is 60.7 Å². The van der Waals surface area contributed by atoms with Gasteiger partial charge in [0.15, 0.2) is 82.5 Å². The van der Waals surface area contributed by atoms with Crippen molar-refractivity contribution in [2.24, 2.45) is 0 Å². The summed E-state index contributed by atoms with van der Waals surface area (Å²) in [6, 6.07) is 32.1. The molecule has 0 atom stereocenters. The Morgan fingerprint density at radius 1 is 0.294 bits per heavy atom. The van der Waals surface area contributed by atoms with Crippen LogP contribution in [0.2, 0.25) is 0 Å². The Balaban J connectivity index is 0.000000246. The molecule has 1 aromatic heterocycles. The molecule has 0 saturated carbocycles. The van der Waals surface area contributed by atoms with Crippen LogP contribution in [0.4, 0.5) is 87.8 Å². The first-order chi connectivity index (χ1) is 32.1. The molecule has 0 fully saturated rings. The molecule has 1 nitrogen and oxygen atoms in total. The highest BCUT2D eigenvalue weighted by atomic mass is 19.2. The highest BCUT2D eigenvalue weighted by Crippen LogP contribution is 2.31. The summed E-state index contributed by atoms with van der Waals surface area (Å²) in [6.45, 7) is 0.879. The molecule has 0 spiro atoms. The SMILES string of the molecule is Fc1c(F)c(F)c([B-](c2c(F)c(F)c(F)c(F)c2F)(c2c(F)c(F)c(F)c(F)c2F)c2c(F)c(F)c(F)c(F)c2F)c(F)c1F.c1ccc(C[n+]2ccccc2-c2ccc3ccccc3c2)cc1. The van der Waals surface area contributed by atoms with Crippen LogP contribution in [0.25, 0.3) is 22.0 Å². The highest BCUT2D eigenvalue weighted by Gasteiger charge is 2.52. The molecule has 0 aliphatic rings. The molecule has 8 rings (SSSR count). The first kappa shape index (κ1) is 48.5. The predicted molar refractivity (Wildman–Crippen MR) is 204 cm³/mol. The second-order valence-corrected chi connectivity index (χ2v) is 14.6. The van der Waals surface area contributed by atoms with Crippen LogP contribution in [-0.4, -0.2) is 6.15 Å². The summed E-state index contributed by atoms with van der Waals surface area (Å²) >= 11 is 0. The van der Waals surface area contributed by atoms with E-state index in [2.05, 4.69) is 102 Å². The first-order valence-electron chi connectivity index (χ1n) is 18.9. The second-order valence-electron chi connectivity index (χ2n) is 14.6. The van der Waals surface area contributed by atoms with Crippen molar-refractivity contribution in [1.82, 2.24) is 0 Å². The number of hydrogen-bond donors (Lipinski definition) is 0. The highest BCUT2D eigenvalue weighted by molar-refractivity contribution is 7.20. The van der Waals surface area contributed by atoms with Gasteiger partial charge in [0, 0.05) is 23.3 Å². The summed E-state index contributed by atoms with van der Waals surface area (Å²) < 4.78 is 296. The van der Waals surface area contributed by atoms with Crippen molar-refractivity contribution in [3.05, 3.63) is 219 Å². The summed E-state index contributed by atoms with van der Waals surface area (Å²) in [4.78, 5) is 0. The zero-order valence-corrected chi connectivity index (χ0v) is 33.0. The van der Waals surface area contributed by atoms with Gasteiger partial charge in [0.05, 0.1) is 0 Å². The summed E-state index contributed by atoms with van der Waals surface area (Å²) in [5, 5.41) is 2.56. The first-order valence-corrected chi connectivity index (χ1v) is 18.9. The number of rotatable bonds is 7. The summed E-state index contributed by atoms with van der Waals surface area (Å²) in [5.74, 6) is -71.4. The van der Waals surface area contributed by atoms with E-state index >= 15 is 35.1 Å². The van der Waals surface area contributed by atoms with E-state index in [0.717, 1.165) is 6.54 Å². The van der Waals surface area contributed by atoms with Crippen molar-refractivity contribution in [2.45, 2.75) is 6.54 Å². The van der Waals surface area contributed by atoms with Crippen LogP contribution in [0.1, 0.15) is 5.56 Å². The average molecular weight is 975 g/mol. The van der Waals surface area contributed by atoms with Gasteiger partial charge in [0.1, 0.15) is 52.7 Å². The monoisotopic (exact) mass is 975 g/mol. The van der Waals surface area contributed by atoms with Crippen molar-refractivity contribution in [3.63, 3.8) is 0 Å². The van der Waals surface area contributed by atoms with Crippen LogP contribution in [0.15, 0.2) is 97.2 Å². The van der Waals surface area contributed by atoms with E-state index in [4.69, 9.17) is 0 Å². The molecule has 22 heteroatoms. The number of pyridine rings is 1. The van der Waals surface area contributed by atoms with E-state index in [-0.39, 0.29) is 0 Å². The Morgan fingerprint density at radius 3 is 0.971 bits per heavy atom. The zero-order valence-electron chi connectivity index (χ0n) is 33.0. The minimum Gasteiger partial charge on any atom is -0.207 e. The molecule has 0 radical (unpaired) electrons. The number of benzene rings is 7. The maximum absolute atomic E-state index is 15.4. The summed E-state index contributed by atoms with van der Waals surface area (Å²) in [7, 11) is 0. The topological polar surface area (TPSA) is 3.88 Å². The van der Waals surface area contributed by atoms with E-state index in [9.17, 15) is 52.7 Å². The van der Waals surface area contributed by atoms with Gasteiger partial charge in [-0.15, -0.1) is 21.9 Å². The Kier molecular flexibility index (Phi) is 13.1. The van der Waals surface area contributed by atoms with Gasteiger partial charge in [0.25, 0.3) is 0 Å². The standard InChI is InChI=1S/C24BF20.C22H18N/c26-5-1(6(27)14(35)21(42)13(5)34)25(2-7(28)15(36)22(43)16(37)8(2)29,3-9(30)17(38)23(44)18(39)10(3)31)4-11(32)19(40)24(45)20(41)12(4)33;1-2-8-18(9-3-1)17-23-15-7-6-12-22(23)21-14-13-19-10-4-5-11-20(19)16-21/h;1-16H,17H2/q-1;+1. The maximum Gasteiger partial charge on any atom is 0.212 e. The third-order valence-corrected chi connectivity index (χ3v) is 10.9. The van der Waals surface area contributed by atoms with Crippen molar-refractivity contribution in [3.8, 4) is 11.3 Å². The Hall–Kier alpha value is -7.39. The summed E-state index contributed by atoms with van der Waals surface area (Å²) in [5.41, 5.74) is -10.5. The third-order valence-electron chi connectivity index (χ3n) is 10.9.